The molecule has 5 nitrogen and oxygen atoms in total. The summed E-state index contributed by atoms with van der Waals surface area (Å²) in [5.74, 6) is 0.462. The van der Waals surface area contributed by atoms with E-state index >= 15 is 0 Å². The minimum absolute atomic E-state index is 0.261. The van der Waals surface area contributed by atoms with Crippen molar-refractivity contribution >= 4 is 12.1 Å². The molecule has 1 heterocycles. The van der Waals surface area contributed by atoms with E-state index in [1.54, 1.807) is 24.4 Å². The molecule has 0 aliphatic heterocycles. The van der Waals surface area contributed by atoms with Crippen LogP contribution in [0.2, 0.25) is 0 Å². The van der Waals surface area contributed by atoms with Gasteiger partial charge in [0, 0.05) is 22.6 Å². The second-order valence-corrected chi connectivity index (χ2v) is 6.37. The fraction of sp³-hybridized carbons (Fsp3) is 0.130. The van der Waals surface area contributed by atoms with Gasteiger partial charge in [-0.1, -0.05) is 24.8 Å². The van der Waals surface area contributed by atoms with E-state index in [2.05, 4.69) is 47.7 Å². The number of benzene rings is 2. The highest BCUT2D eigenvalue weighted by Crippen LogP contribution is 2.17. The van der Waals surface area contributed by atoms with Crippen LogP contribution in [0.15, 0.2) is 78.4 Å². The third-order valence-corrected chi connectivity index (χ3v) is 4.26. The summed E-state index contributed by atoms with van der Waals surface area (Å²) in [4.78, 5) is 12.3. The van der Waals surface area contributed by atoms with E-state index < -0.39 is 0 Å². The van der Waals surface area contributed by atoms with Gasteiger partial charge in [-0.2, -0.15) is 5.10 Å². The number of hydrogen-bond acceptors (Lipinski definition) is 3. The summed E-state index contributed by atoms with van der Waals surface area (Å²) in [5, 5.41) is 4.03. The number of carbonyl (C=O) groups is 1. The van der Waals surface area contributed by atoms with Gasteiger partial charge in [-0.05, 0) is 67.9 Å². The van der Waals surface area contributed by atoms with Crippen molar-refractivity contribution in [3.05, 3.63) is 95.8 Å². The molecule has 0 bridgehead atoms. The summed E-state index contributed by atoms with van der Waals surface area (Å²) in [6, 6.07) is 19.0. The number of aromatic nitrogens is 1. The minimum atomic E-state index is -0.261. The lowest BCUT2D eigenvalue weighted by molar-refractivity contribution is 0.0955. The fourth-order valence-electron chi connectivity index (χ4n) is 2.91. The molecular weight excluding hydrogens is 350 g/mol. The molecule has 0 radical (unpaired) electrons. The molecule has 0 atom stereocenters. The van der Waals surface area contributed by atoms with Gasteiger partial charge in [-0.3, -0.25) is 4.79 Å². The molecular formula is C23H23N3O2. The molecule has 0 spiro atoms. The zero-order valence-electron chi connectivity index (χ0n) is 16.1. The number of nitrogens with zero attached hydrogens (tertiary/aromatic N) is 2. The number of amides is 1. The Labute approximate surface area is 165 Å². The third kappa shape index (κ3) is 4.57. The number of ether oxygens (including phenoxy) is 1. The Balaban J connectivity index is 1.63. The Morgan fingerprint density at radius 3 is 2.50 bits per heavy atom. The van der Waals surface area contributed by atoms with Gasteiger partial charge < -0.3 is 9.30 Å². The maximum atomic E-state index is 12.3. The number of nitrogens with one attached hydrogen (secondary N) is 1. The lowest BCUT2D eigenvalue weighted by atomic mass is 10.2. The van der Waals surface area contributed by atoms with Gasteiger partial charge in [0.1, 0.15) is 12.4 Å². The van der Waals surface area contributed by atoms with Crippen molar-refractivity contribution < 1.29 is 9.53 Å². The second-order valence-electron chi connectivity index (χ2n) is 6.37. The smallest absolute Gasteiger partial charge is 0.271 e. The third-order valence-electron chi connectivity index (χ3n) is 4.26. The van der Waals surface area contributed by atoms with Crippen LogP contribution in [0.3, 0.4) is 0 Å². The summed E-state index contributed by atoms with van der Waals surface area (Å²) in [5.41, 5.74) is 7.26. The van der Waals surface area contributed by atoms with Crippen LogP contribution in [0.4, 0.5) is 0 Å². The van der Waals surface area contributed by atoms with Crippen molar-refractivity contribution in [1.29, 1.82) is 0 Å². The number of hydrogen-bond donors (Lipinski definition) is 1. The fourth-order valence-corrected chi connectivity index (χ4v) is 2.91. The molecule has 3 rings (SSSR count). The molecule has 1 N–H and O–H groups in total. The maximum absolute atomic E-state index is 12.3. The highest BCUT2D eigenvalue weighted by atomic mass is 16.5. The van der Waals surface area contributed by atoms with Crippen molar-refractivity contribution in [2.75, 3.05) is 6.61 Å². The average Bonchev–Trinajstić information content (AvgIpc) is 3.05. The number of carbonyl (C=O) groups excluding carboxylic acids is 1. The monoisotopic (exact) mass is 373 g/mol. The first-order valence-corrected chi connectivity index (χ1v) is 9.01. The molecule has 1 aromatic heterocycles. The molecule has 0 aliphatic carbocycles. The van der Waals surface area contributed by atoms with Gasteiger partial charge in [0.25, 0.3) is 5.91 Å². The Morgan fingerprint density at radius 1 is 1.11 bits per heavy atom. The van der Waals surface area contributed by atoms with Gasteiger partial charge in [-0.25, -0.2) is 5.43 Å². The highest BCUT2D eigenvalue weighted by molar-refractivity contribution is 5.95. The van der Waals surface area contributed by atoms with Crippen LogP contribution >= 0.6 is 0 Å². The quantitative estimate of drug-likeness (QED) is 0.379. The zero-order valence-corrected chi connectivity index (χ0v) is 16.1. The van der Waals surface area contributed by atoms with Crippen LogP contribution in [0.5, 0.6) is 5.75 Å². The van der Waals surface area contributed by atoms with Crippen LogP contribution in [0.1, 0.15) is 27.3 Å². The van der Waals surface area contributed by atoms with E-state index in [4.69, 9.17) is 4.74 Å². The molecule has 3 aromatic rings. The van der Waals surface area contributed by atoms with Crippen molar-refractivity contribution in [2.45, 2.75) is 13.8 Å². The zero-order chi connectivity index (χ0) is 19.9. The van der Waals surface area contributed by atoms with E-state index in [-0.39, 0.29) is 5.91 Å². The molecule has 0 aliphatic rings. The molecule has 142 valence electrons. The number of hydrazone groups is 1. The molecule has 0 saturated heterocycles. The minimum Gasteiger partial charge on any atom is -0.490 e. The normalized spacial score (nSPS) is 10.8. The molecule has 0 fully saturated rings. The van der Waals surface area contributed by atoms with Crippen molar-refractivity contribution in [1.82, 2.24) is 9.99 Å². The summed E-state index contributed by atoms with van der Waals surface area (Å²) < 4.78 is 7.62. The van der Waals surface area contributed by atoms with E-state index in [1.165, 1.54) is 0 Å². The lowest BCUT2D eigenvalue weighted by Gasteiger charge is -2.10. The van der Waals surface area contributed by atoms with E-state index in [9.17, 15) is 4.79 Å². The first-order valence-electron chi connectivity index (χ1n) is 9.01. The van der Waals surface area contributed by atoms with Crippen molar-refractivity contribution in [2.24, 2.45) is 5.10 Å². The van der Waals surface area contributed by atoms with Crippen molar-refractivity contribution in [3.8, 4) is 11.4 Å². The molecule has 1 amide bonds. The molecule has 2 aromatic carbocycles. The van der Waals surface area contributed by atoms with Crippen molar-refractivity contribution in [3.63, 3.8) is 0 Å². The second kappa shape index (κ2) is 8.86. The SMILES string of the molecule is C=CCOc1cccc(/C=N/NC(=O)c2ccc(-n3c(C)ccc3C)cc2)c1. The first kappa shape index (κ1) is 19.2. The van der Waals surface area contributed by atoms with Crippen LogP contribution in [0, 0.1) is 13.8 Å². The summed E-state index contributed by atoms with van der Waals surface area (Å²) in [6.07, 6.45) is 3.27. The van der Waals surface area contributed by atoms with Crippen LogP contribution in [0.25, 0.3) is 5.69 Å². The van der Waals surface area contributed by atoms with Gasteiger partial charge in [0.05, 0.1) is 6.21 Å². The highest BCUT2D eigenvalue weighted by Gasteiger charge is 2.07. The van der Waals surface area contributed by atoms with Crippen LogP contribution in [-0.2, 0) is 0 Å². The van der Waals surface area contributed by atoms with Gasteiger partial charge in [0.2, 0.25) is 0 Å². The molecule has 0 unspecified atom stereocenters. The first-order chi connectivity index (χ1) is 13.6. The summed E-state index contributed by atoms with van der Waals surface area (Å²) in [7, 11) is 0. The predicted octanol–water partition coefficient (Wildman–Crippen LogP) is 4.42. The van der Waals surface area contributed by atoms with E-state index in [0.29, 0.717) is 12.2 Å². The molecule has 28 heavy (non-hydrogen) atoms. The average molecular weight is 373 g/mol. The van der Waals surface area contributed by atoms with Gasteiger partial charge in [0.15, 0.2) is 0 Å². The molecule has 5 heteroatoms. The number of aryl methyl sites for hydroxylation is 2. The van der Waals surface area contributed by atoms with Gasteiger partial charge in [-0.15, -0.1) is 0 Å². The van der Waals surface area contributed by atoms with Gasteiger partial charge >= 0.3 is 0 Å². The Kier molecular flexibility index (Phi) is 6.07. The Bertz CT molecular complexity index is 981. The standard InChI is InChI=1S/C23H23N3O2/c1-4-14-28-22-7-5-6-19(15-22)16-24-25-23(27)20-10-12-21(13-11-20)26-17(2)8-9-18(26)3/h4-13,15-16H,1,14H2,2-3H3,(H,25,27)/b24-16+. The lowest BCUT2D eigenvalue weighted by Crippen LogP contribution is -2.17. The summed E-state index contributed by atoms with van der Waals surface area (Å²) in [6.45, 7) is 8.17. The van der Waals surface area contributed by atoms with Crippen LogP contribution < -0.4 is 10.2 Å². The van der Waals surface area contributed by atoms with E-state index in [0.717, 1.165) is 28.4 Å². The Hall–Kier alpha value is -3.60. The topological polar surface area (TPSA) is 55.6 Å². The predicted molar refractivity (Wildman–Crippen MR) is 112 cm³/mol. The number of rotatable bonds is 7. The molecule has 0 saturated carbocycles. The van der Waals surface area contributed by atoms with E-state index in [1.807, 2.05) is 36.4 Å². The largest absolute Gasteiger partial charge is 0.490 e. The summed E-state index contributed by atoms with van der Waals surface area (Å²) >= 11 is 0. The maximum Gasteiger partial charge on any atom is 0.271 e. The Morgan fingerprint density at radius 2 is 1.82 bits per heavy atom. The van der Waals surface area contributed by atoms with Crippen LogP contribution in [-0.4, -0.2) is 23.3 Å².